The first-order valence-electron chi connectivity index (χ1n) is 6.65. The quantitative estimate of drug-likeness (QED) is 0.766. The Morgan fingerprint density at radius 3 is 2.75 bits per heavy atom. The van der Waals surface area contributed by atoms with Crippen LogP contribution in [0.2, 0.25) is 0 Å². The van der Waals surface area contributed by atoms with Gasteiger partial charge in [0.05, 0.1) is 12.3 Å². The number of nitrogens with two attached hydrogens (primary N) is 1. The molecule has 2 rings (SSSR count). The molecule has 2 aromatic rings. The van der Waals surface area contributed by atoms with Gasteiger partial charge in [-0.3, -0.25) is 0 Å². The molecule has 3 nitrogen and oxygen atoms in total. The lowest BCUT2D eigenvalue weighted by molar-refractivity contribution is 0.318. The molecule has 0 aliphatic heterocycles. The van der Waals surface area contributed by atoms with Crippen molar-refractivity contribution in [3.05, 3.63) is 46.4 Å². The molecule has 0 spiro atoms. The highest BCUT2D eigenvalue weighted by atomic mass is 79.9. The zero-order valence-corrected chi connectivity index (χ0v) is 13.3. The van der Waals surface area contributed by atoms with Crippen LogP contribution in [0.4, 0.5) is 17.1 Å². The van der Waals surface area contributed by atoms with Gasteiger partial charge < -0.3 is 15.8 Å². The molecule has 4 heteroatoms. The summed E-state index contributed by atoms with van der Waals surface area (Å²) < 4.78 is 6.65. The molecule has 0 aliphatic carbocycles. The van der Waals surface area contributed by atoms with E-state index >= 15 is 0 Å². The van der Waals surface area contributed by atoms with Crippen LogP contribution in [0.3, 0.4) is 0 Å². The maximum absolute atomic E-state index is 5.92. The van der Waals surface area contributed by atoms with Gasteiger partial charge in [-0.15, -0.1) is 0 Å². The van der Waals surface area contributed by atoms with Gasteiger partial charge in [0.1, 0.15) is 5.75 Å². The normalized spacial score (nSPS) is 10.3. The molecule has 0 saturated carbocycles. The van der Waals surface area contributed by atoms with Crippen molar-refractivity contribution >= 4 is 33.0 Å². The van der Waals surface area contributed by atoms with E-state index in [1.807, 2.05) is 24.3 Å². The third-order valence-corrected chi connectivity index (χ3v) is 3.49. The van der Waals surface area contributed by atoms with Crippen LogP contribution in [-0.2, 0) is 0 Å². The maximum atomic E-state index is 5.92. The number of nitrogens with one attached hydrogen (secondary N) is 1. The molecule has 0 fully saturated rings. The van der Waals surface area contributed by atoms with Crippen LogP contribution in [0.5, 0.6) is 5.75 Å². The Morgan fingerprint density at radius 2 is 2.00 bits per heavy atom. The number of hydrogen-bond acceptors (Lipinski definition) is 3. The summed E-state index contributed by atoms with van der Waals surface area (Å²) in [5, 5.41) is 3.36. The van der Waals surface area contributed by atoms with Crippen molar-refractivity contribution in [1.29, 1.82) is 0 Å². The van der Waals surface area contributed by atoms with Crippen LogP contribution >= 0.6 is 15.9 Å². The van der Waals surface area contributed by atoms with Crippen LogP contribution in [0.15, 0.2) is 40.9 Å². The van der Waals surface area contributed by atoms with Crippen LogP contribution in [0, 0.1) is 6.92 Å². The summed E-state index contributed by atoms with van der Waals surface area (Å²) in [4.78, 5) is 0. The minimum absolute atomic E-state index is 0.685. The lowest BCUT2D eigenvalue weighted by Crippen LogP contribution is -1.99. The SMILES string of the molecule is CCCOc1cc(N)cc(Nc2cc(C)ccc2Br)c1. The largest absolute Gasteiger partial charge is 0.493 e. The Labute approximate surface area is 128 Å². The van der Waals surface area contributed by atoms with Gasteiger partial charge in [-0.1, -0.05) is 13.0 Å². The highest BCUT2D eigenvalue weighted by Gasteiger charge is 2.04. The zero-order chi connectivity index (χ0) is 14.5. The van der Waals surface area contributed by atoms with Crippen molar-refractivity contribution in [3.8, 4) is 5.75 Å². The van der Waals surface area contributed by atoms with Crippen molar-refractivity contribution < 1.29 is 4.74 Å². The fourth-order valence-corrected chi connectivity index (χ4v) is 2.23. The van der Waals surface area contributed by atoms with Crippen molar-refractivity contribution in [2.75, 3.05) is 17.7 Å². The Morgan fingerprint density at radius 1 is 1.20 bits per heavy atom. The van der Waals surface area contributed by atoms with E-state index in [2.05, 4.69) is 47.2 Å². The van der Waals surface area contributed by atoms with E-state index in [0.717, 1.165) is 28.0 Å². The van der Waals surface area contributed by atoms with Gasteiger partial charge in [-0.2, -0.15) is 0 Å². The summed E-state index contributed by atoms with van der Waals surface area (Å²) in [5.41, 5.74) is 9.73. The summed E-state index contributed by atoms with van der Waals surface area (Å²) >= 11 is 3.54. The average Bonchev–Trinajstić information content (AvgIpc) is 2.40. The molecule has 0 atom stereocenters. The highest BCUT2D eigenvalue weighted by Crippen LogP contribution is 2.30. The molecule has 0 unspecified atom stereocenters. The second kappa shape index (κ2) is 6.66. The van der Waals surface area contributed by atoms with Crippen molar-refractivity contribution in [3.63, 3.8) is 0 Å². The first-order chi connectivity index (χ1) is 9.58. The molecule has 0 saturated heterocycles. The fraction of sp³-hybridized carbons (Fsp3) is 0.250. The molecule has 0 bridgehead atoms. The predicted octanol–water partition coefficient (Wildman–Crippen LogP) is 4.87. The second-order valence-electron chi connectivity index (χ2n) is 4.75. The molecule has 0 aromatic heterocycles. The van der Waals surface area contributed by atoms with E-state index in [9.17, 15) is 0 Å². The molecule has 0 aliphatic rings. The van der Waals surface area contributed by atoms with Crippen LogP contribution < -0.4 is 15.8 Å². The van der Waals surface area contributed by atoms with Gasteiger partial charge in [-0.25, -0.2) is 0 Å². The first-order valence-corrected chi connectivity index (χ1v) is 7.44. The summed E-state index contributed by atoms with van der Waals surface area (Å²) in [6.45, 7) is 4.83. The van der Waals surface area contributed by atoms with E-state index in [1.54, 1.807) is 0 Å². The first kappa shape index (κ1) is 14.7. The standard InChI is InChI=1S/C16H19BrN2O/c1-3-6-20-14-9-12(18)8-13(10-14)19-16-7-11(2)4-5-15(16)17/h4-5,7-10,19H,3,6,18H2,1-2H3. The van der Waals surface area contributed by atoms with E-state index in [4.69, 9.17) is 10.5 Å². The molecule has 0 amide bonds. The minimum Gasteiger partial charge on any atom is -0.493 e. The van der Waals surface area contributed by atoms with Gasteiger partial charge >= 0.3 is 0 Å². The second-order valence-corrected chi connectivity index (χ2v) is 5.60. The monoisotopic (exact) mass is 334 g/mol. The summed E-state index contributed by atoms with van der Waals surface area (Å²) in [6.07, 6.45) is 0.973. The molecule has 20 heavy (non-hydrogen) atoms. The molecular formula is C16H19BrN2O. The van der Waals surface area contributed by atoms with Crippen molar-refractivity contribution in [2.24, 2.45) is 0 Å². The minimum atomic E-state index is 0.685. The van der Waals surface area contributed by atoms with Crippen molar-refractivity contribution in [2.45, 2.75) is 20.3 Å². The summed E-state index contributed by atoms with van der Waals surface area (Å²) in [6, 6.07) is 11.9. The third kappa shape index (κ3) is 3.90. The number of ether oxygens (including phenoxy) is 1. The Balaban J connectivity index is 2.24. The van der Waals surface area contributed by atoms with E-state index in [-0.39, 0.29) is 0 Å². The highest BCUT2D eigenvalue weighted by molar-refractivity contribution is 9.10. The van der Waals surface area contributed by atoms with Gasteiger partial charge in [0, 0.05) is 28.0 Å². The van der Waals surface area contributed by atoms with E-state index in [1.165, 1.54) is 5.56 Å². The molecule has 0 heterocycles. The number of hydrogen-bond donors (Lipinski definition) is 2. The smallest absolute Gasteiger partial charge is 0.123 e. The zero-order valence-electron chi connectivity index (χ0n) is 11.7. The van der Waals surface area contributed by atoms with E-state index < -0.39 is 0 Å². The lowest BCUT2D eigenvalue weighted by Gasteiger charge is -2.12. The Bertz CT molecular complexity index is 599. The van der Waals surface area contributed by atoms with Crippen molar-refractivity contribution in [1.82, 2.24) is 0 Å². The summed E-state index contributed by atoms with van der Waals surface area (Å²) in [7, 11) is 0. The molecular weight excluding hydrogens is 316 g/mol. The fourth-order valence-electron chi connectivity index (χ4n) is 1.89. The molecule has 0 radical (unpaired) electrons. The van der Waals surface area contributed by atoms with Crippen LogP contribution in [0.1, 0.15) is 18.9 Å². The maximum Gasteiger partial charge on any atom is 0.123 e. The molecule has 106 valence electrons. The van der Waals surface area contributed by atoms with Gasteiger partial charge in [0.2, 0.25) is 0 Å². The number of benzene rings is 2. The number of aryl methyl sites for hydroxylation is 1. The number of rotatable bonds is 5. The van der Waals surface area contributed by atoms with E-state index in [0.29, 0.717) is 12.3 Å². The third-order valence-electron chi connectivity index (χ3n) is 2.80. The lowest BCUT2D eigenvalue weighted by atomic mass is 10.2. The Hall–Kier alpha value is -1.68. The topological polar surface area (TPSA) is 47.3 Å². The number of anilines is 3. The van der Waals surface area contributed by atoms with Crippen LogP contribution in [-0.4, -0.2) is 6.61 Å². The average molecular weight is 335 g/mol. The molecule has 3 N–H and O–H groups in total. The predicted molar refractivity (Wildman–Crippen MR) is 88.8 cm³/mol. The number of halogens is 1. The summed E-state index contributed by atoms with van der Waals surface area (Å²) in [5.74, 6) is 0.790. The van der Waals surface area contributed by atoms with Gasteiger partial charge in [-0.05, 0) is 53.0 Å². The molecule has 2 aromatic carbocycles. The van der Waals surface area contributed by atoms with Crippen LogP contribution in [0.25, 0.3) is 0 Å². The van der Waals surface area contributed by atoms with Gasteiger partial charge in [0.25, 0.3) is 0 Å². The van der Waals surface area contributed by atoms with Gasteiger partial charge in [0.15, 0.2) is 0 Å². The number of nitrogen functional groups attached to an aromatic ring is 1. The Kier molecular flexibility index (Phi) is 4.90.